The molecule has 0 spiro atoms. The maximum atomic E-state index is 12.5. The third kappa shape index (κ3) is 1.98. The third-order valence-electron chi connectivity index (χ3n) is 2.52. The summed E-state index contributed by atoms with van der Waals surface area (Å²) in [5, 5.41) is 0. The standard InChI is InChI=1S/C12H9F3N2/c1-3-6-17-8(2)16-10-7-9(12(13,14)15)4-5-11(10)17/h1,4-5,7H,6H2,2H3. The van der Waals surface area contributed by atoms with Gasteiger partial charge in [-0.1, -0.05) is 5.92 Å². The van der Waals surface area contributed by atoms with Crippen LogP contribution in [-0.2, 0) is 12.7 Å². The number of aromatic nitrogens is 2. The van der Waals surface area contributed by atoms with Gasteiger partial charge in [0, 0.05) is 0 Å². The molecule has 0 saturated carbocycles. The van der Waals surface area contributed by atoms with E-state index in [2.05, 4.69) is 10.9 Å². The predicted octanol–water partition coefficient (Wildman–Crippen LogP) is 3.00. The summed E-state index contributed by atoms with van der Waals surface area (Å²) in [5.74, 6) is 3.06. The van der Waals surface area contributed by atoms with Gasteiger partial charge in [-0.3, -0.25) is 0 Å². The minimum atomic E-state index is -4.35. The van der Waals surface area contributed by atoms with E-state index in [4.69, 9.17) is 6.42 Å². The average Bonchev–Trinajstić information content (AvgIpc) is 2.54. The molecule has 0 saturated heterocycles. The molecule has 2 nitrogen and oxygen atoms in total. The first kappa shape index (κ1) is 11.5. The number of imidazole rings is 1. The lowest BCUT2D eigenvalue weighted by Crippen LogP contribution is -2.04. The first-order valence-corrected chi connectivity index (χ1v) is 4.91. The molecule has 0 atom stereocenters. The van der Waals surface area contributed by atoms with Crippen molar-refractivity contribution in [1.29, 1.82) is 0 Å². The van der Waals surface area contributed by atoms with Crippen LogP contribution in [-0.4, -0.2) is 9.55 Å². The van der Waals surface area contributed by atoms with Crippen molar-refractivity contribution in [1.82, 2.24) is 9.55 Å². The fraction of sp³-hybridized carbons (Fsp3) is 0.250. The fourth-order valence-corrected chi connectivity index (χ4v) is 1.72. The Morgan fingerprint density at radius 3 is 2.71 bits per heavy atom. The quantitative estimate of drug-likeness (QED) is 0.698. The van der Waals surface area contributed by atoms with E-state index < -0.39 is 11.7 Å². The lowest BCUT2D eigenvalue weighted by Gasteiger charge is -2.06. The van der Waals surface area contributed by atoms with E-state index in [1.54, 1.807) is 11.5 Å². The Hall–Kier alpha value is -1.96. The Labute approximate surface area is 96.1 Å². The monoisotopic (exact) mass is 238 g/mol. The Morgan fingerprint density at radius 1 is 1.41 bits per heavy atom. The van der Waals surface area contributed by atoms with Gasteiger partial charge in [0.15, 0.2) is 0 Å². The highest BCUT2D eigenvalue weighted by molar-refractivity contribution is 5.77. The van der Waals surface area contributed by atoms with E-state index in [9.17, 15) is 13.2 Å². The zero-order chi connectivity index (χ0) is 12.6. The van der Waals surface area contributed by atoms with Crippen molar-refractivity contribution in [2.24, 2.45) is 0 Å². The van der Waals surface area contributed by atoms with Gasteiger partial charge < -0.3 is 4.57 Å². The summed E-state index contributed by atoms with van der Waals surface area (Å²) >= 11 is 0. The fourth-order valence-electron chi connectivity index (χ4n) is 1.72. The molecule has 5 heteroatoms. The third-order valence-corrected chi connectivity index (χ3v) is 2.52. The highest BCUT2D eigenvalue weighted by Crippen LogP contribution is 2.31. The molecule has 2 rings (SSSR count). The van der Waals surface area contributed by atoms with Crippen molar-refractivity contribution in [3.05, 3.63) is 29.6 Å². The molecule has 0 aliphatic carbocycles. The molecule has 2 aromatic rings. The largest absolute Gasteiger partial charge is 0.416 e. The van der Waals surface area contributed by atoms with Gasteiger partial charge in [-0.05, 0) is 25.1 Å². The molecule has 17 heavy (non-hydrogen) atoms. The number of hydrogen-bond donors (Lipinski definition) is 0. The Kier molecular flexibility index (Phi) is 2.58. The molecule has 0 N–H and O–H groups in total. The summed E-state index contributed by atoms with van der Waals surface area (Å²) in [4.78, 5) is 4.07. The van der Waals surface area contributed by atoms with Crippen molar-refractivity contribution < 1.29 is 13.2 Å². The van der Waals surface area contributed by atoms with Crippen molar-refractivity contribution in [3.8, 4) is 12.3 Å². The van der Waals surface area contributed by atoms with Crippen LogP contribution in [0.1, 0.15) is 11.4 Å². The number of terminal acetylenes is 1. The van der Waals surface area contributed by atoms with Gasteiger partial charge in [-0.25, -0.2) is 4.98 Å². The molecule has 1 aromatic carbocycles. The van der Waals surface area contributed by atoms with Crippen molar-refractivity contribution in [2.75, 3.05) is 0 Å². The van der Waals surface area contributed by atoms with E-state index >= 15 is 0 Å². The minimum absolute atomic E-state index is 0.299. The molecule has 0 aliphatic heterocycles. The zero-order valence-corrected chi connectivity index (χ0v) is 9.04. The molecule has 0 unspecified atom stereocenters. The number of rotatable bonds is 1. The molecular formula is C12H9F3N2. The van der Waals surface area contributed by atoms with Crippen molar-refractivity contribution >= 4 is 11.0 Å². The molecule has 1 aromatic heterocycles. The number of nitrogens with zero attached hydrogens (tertiary/aromatic N) is 2. The lowest BCUT2D eigenvalue weighted by atomic mass is 10.2. The lowest BCUT2D eigenvalue weighted by molar-refractivity contribution is -0.137. The van der Waals surface area contributed by atoms with Gasteiger partial charge in [0.2, 0.25) is 0 Å². The maximum absolute atomic E-state index is 12.5. The molecule has 88 valence electrons. The molecule has 1 heterocycles. The number of fused-ring (bicyclic) bond motifs is 1. The Bertz CT molecular complexity index is 602. The van der Waals surface area contributed by atoms with Crippen LogP contribution in [0.3, 0.4) is 0 Å². The second-order valence-electron chi connectivity index (χ2n) is 3.65. The van der Waals surface area contributed by atoms with Gasteiger partial charge in [-0.15, -0.1) is 6.42 Å². The van der Waals surface area contributed by atoms with E-state index in [1.807, 2.05) is 0 Å². The van der Waals surface area contributed by atoms with Gasteiger partial charge in [0.05, 0.1) is 23.1 Å². The maximum Gasteiger partial charge on any atom is 0.416 e. The number of alkyl halides is 3. The van der Waals surface area contributed by atoms with Crippen molar-refractivity contribution in [3.63, 3.8) is 0 Å². The summed E-state index contributed by atoms with van der Waals surface area (Å²) in [6.45, 7) is 2.01. The number of aryl methyl sites for hydroxylation is 1. The highest BCUT2D eigenvalue weighted by Gasteiger charge is 2.30. The van der Waals surface area contributed by atoms with Crippen LogP contribution < -0.4 is 0 Å². The van der Waals surface area contributed by atoms with E-state index in [0.29, 0.717) is 23.4 Å². The second-order valence-corrected chi connectivity index (χ2v) is 3.65. The molecule has 0 fully saturated rings. The summed E-state index contributed by atoms with van der Waals surface area (Å²) in [5.41, 5.74) is 0.233. The number of halogens is 3. The topological polar surface area (TPSA) is 17.8 Å². The van der Waals surface area contributed by atoms with Crippen molar-refractivity contribution in [2.45, 2.75) is 19.6 Å². The van der Waals surface area contributed by atoms with Crippen LogP contribution in [0.5, 0.6) is 0 Å². The van der Waals surface area contributed by atoms with Gasteiger partial charge in [0.25, 0.3) is 0 Å². The number of benzene rings is 1. The Morgan fingerprint density at radius 2 is 2.12 bits per heavy atom. The summed E-state index contributed by atoms with van der Waals surface area (Å²) in [6, 6.07) is 3.47. The van der Waals surface area contributed by atoms with E-state index in [1.165, 1.54) is 6.07 Å². The number of hydrogen-bond acceptors (Lipinski definition) is 1. The van der Waals surface area contributed by atoms with Crippen LogP contribution in [0.4, 0.5) is 13.2 Å². The van der Waals surface area contributed by atoms with Crippen LogP contribution in [0, 0.1) is 19.3 Å². The minimum Gasteiger partial charge on any atom is -0.316 e. The smallest absolute Gasteiger partial charge is 0.316 e. The van der Waals surface area contributed by atoms with Crippen LogP contribution >= 0.6 is 0 Å². The van der Waals surface area contributed by atoms with Crippen LogP contribution in [0.25, 0.3) is 11.0 Å². The predicted molar refractivity (Wildman–Crippen MR) is 58.3 cm³/mol. The molecular weight excluding hydrogens is 229 g/mol. The first-order valence-electron chi connectivity index (χ1n) is 4.91. The van der Waals surface area contributed by atoms with Gasteiger partial charge in [0.1, 0.15) is 5.82 Å². The Balaban J connectivity index is 2.62. The van der Waals surface area contributed by atoms with E-state index in [-0.39, 0.29) is 0 Å². The SMILES string of the molecule is C#CCn1c(C)nc2cc(C(F)(F)F)ccc21. The van der Waals surface area contributed by atoms with E-state index in [0.717, 1.165) is 12.1 Å². The van der Waals surface area contributed by atoms with Gasteiger partial charge >= 0.3 is 6.18 Å². The van der Waals surface area contributed by atoms with Crippen LogP contribution in [0.2, 0.25) is 0 Å². The summed E-state index contributed by atoms with van der Waals surface area (Å²) in [7, 11) is 0. The first-order chi connectivity index (χ1) is 7.93. The van der Waals surface area contributed by atoms with Crippen LogP contribution in [0.15, 0.2) is 18.2 Å². The molecule has 0 bridgehead atoms. The van der Waals surface area contributed by atoms with Gasteiger partial charge in [-0.2, -0.15) is 13.2 Å². The average molecular weight is 238 g/mol. The summed E-state index contributed by atoms with van der Waals surface area (Å²) in [6.07, 6.45) is 0.851. The summed E-state index contributed by atoms with van der Waals surface area (Å²) < 4.78 is 39.2. The molecule has 0 radical (unpaired) electrons. The second kappa shape index (κ2) is 3.81. The normalized spacial score (nSPS) is 11.7. The molecule has 0 amide bonds. The molecule has 0 aliphatic rings. The zero-order valence-electron chi connectivity index (χ0n) is 9.04. The highest BCUT2D eigenvalue weighted by atomic mass is 19.4.